The third-order valence-corrected chi connectivity index (χ3v) is 3.85. The molecule has 1 atom stereocenters. The van der Waals surface area contributed by atoms with Crippen LogP contribution in [0.4, 0.5) is 0 Å². The molecule has 0 amide bonds. The molecule has 1 fully saturated rings. The second kappa shape index (κ2) is 5.36. The quantitative estimate of drug-likeness (QED) is 0.766. The lowest BCUT2D eigenvalue weighted by molar-refractivity contribution is -0.170. The smallest absolute Gasteiger partial charge is 0.334 e. The molecule has 1 unspecified atom stereocenters. The second-order valence-corrected chi connectivity index (χ2v) is 5.83. The molecule has 1 aliphatic carbocycles. The van der Waals surface area contributed by atoms with Crippen molar-refractivity contribution < 1.29 is 14.3 Å². The van der Waals surface area contributed by atoms with Crippen LogP contribution in [-0.4, -0.2) is 31.3 Å². The highest BCUT2D eigenvalue weighted by molar-refractivity contribution is 5.74. The van der Waals surface area contributed by atoms with Gasteiger partial charge in [-0.3, -0.25) is 0 Å². The summed E-state index contributed by atoms with van der Waals surface area (Å²) in [6.45, 7) is 6.71. The van der Waals surface area contributed by atoms with Gasteiger partial charge in [-0.2, -0.15) is 0 Å². The van der Waals surface area contributed by atoms with E-state index < -0.39 is 6.10 Å². The largest absolute Gasteiger partial charge is 0.467 e. The summed E-state index contributed by atoms with van der Waals surface area (Å²) >= 11 is 0. The summed E-state index contributed by atoms with van der Waals surface area (Å²) in [4.78, 5) is 11.4. The lowest BCUT2D eigenvalue weighted by Crippen LogP contribution is -2.48. The van der Waals surface area contributed by atoms with Crippen LogP contribution in [0.1, 0.15) is 46.5 Å². The van der Waals surface area contributed by atoms with E-state index in [9.17, 15) is 4.79 Å². The van der Waals surface area contributed by atoms with Gasteiger partial charge in [0.1, 0.15) is 0 Å². The van der Waals surface area contributed by atoms with Gasteiger partial charge in [0.2, 0.25) is 0 Å². The van der Waals surface area contributed by atoms with Crippen LogP contribution in [-0.2, 0) is 14.3 Å². The SMILES string of the molecule is COC(=O)C(C)OC1(CN)CCC(C)(C)CC1. The fourth-order valence-corrected chi connectivity index (χ4v) is 2.34. The number of ether oxygens (including phenoxy) is 2. The predicted octanol–water partition coefficient (Wildman–Crippen LogP) is 1.86. The van der Waals surface area contributed by atoms with E-state index in [4.69, 9.17) is 10.5 Å². The van der Waals surface area contributed by atoms with Crippen LogP contribution in [0.5, 0.6) is 0 Å². The Morgan fingerprint density at radius 2 is 1.82 bits per heavy atom. The maximum atomic E-state index is 11.4. The zero-order valence-corrected chi connectivity index (χ0v) is 11.4. The Bertz CT molecular complexity index is 266. The molecule has 2 N–H and O–H groups in total. The van der Waals surface area contributed by atoms with E-state index in [1.165, 1.54) is 7.11 Å². The first kappa shape index (κ1) is 14.5. The molecule has 1 aliphatic rings. The lowest BCUT2D eigenvalue weighted by atomic mass is 9.71. The highest BCUT2D eigenvalue weighted by atomic mass is 16.6. The summed E-state index contributed by atoms with van der Waals surface area (Å²) in [5.41, 5.74) is 5.85. The van der Waals surface area contributed by atoms with Crippen LogP contribution in [0.15, 0.2) is 0 Å². The zero-order chi connectivity index (χ0) is 13.1. The van der Waals surface area contributed by atoms with Crippen LogP contribution < -0.4 is 5.73 Å². The first-order valence-electron chi connectivity index (χ1n) is 6.30. The molecular formula is C13H25NO3. The summed E-state index contributed by atoms with van der Waals surface area (Å²) in [6, 6.07) is 0. The minimum absolute atomic E-state index is 0.331. The Hall–Kier alpha value is -0.610. The maximum Gasteiger partial charge on any atom is 0.334 e. The van der Waals surface area contributed by atoms with Gasteiger partial charge in [-0.25, -0.2) is 4.79 Å². The number of nitrogens with two attached hydrogens (primary N) is 1. The van der Waals surface area contributed by atoms with Crippen molar-refractivity contribution in [3.8, 4) is 0 Å². The molecule has 4 heteroatoms. The zero-order valence-electron chi connectivity index (χ0n) is 11.4. The Morgan fingerprint density at radius 3 is 2.24 bits per heavy atom. The van der Waals surface area contributed by atoms with Crippen molar-refractivity contribution in [3.63, 3.8) is 0 Å². The first-order chi connectivity index (χ1) is 7.84. The monoisotopic (exact) mass is 243 g/mol. The molecule has 0 aromatic heterocycles. The highest BCUT2D eigenvalue weighted by Crippen LogP contribution is 2.42. The first-order valence-corrected chi connectivity index (χ1v) is 6.30. The van der Waals surface area contributed by atoms with Gasteiger partial charge >= 0.3 is 5.97 Å². The van der Waals surface area contributed by atoms with Gasteiger partial charge in [-0.1, -0.05) is 13.8 Å². The van der Waals surface area contributed by atoms with Gasteiger partial charge in [0.05, 0.1) is 12.7 Å². The molecular weight excluding hydrogens is 218 g/mol. The minimum atomic E-state index is -0.537. The van der Waals surface area contributed by atoms with E-state index in [0.29, 0.717) is 12.0 Å². The average Bonchev–Trinajstić information content (AvgIpc) is 2.31. The van der Waals surface area contributed by atoms with Crippen molar-refractivity contribution in [1.29, 1.82) is 0 Å². The molecule has 17 heavy (non-hydrogen) atoms. The highest BCUT2D eigenvalue weighted by Gasteiger charge is 2.40. The second-order valence-electron chi connectivity index (χ2n) is 5.83. The molecule has 0 saturated heterocycles. The van der Waals surface area contributed by atoms with Crippen molar-refractivity contribution in [1.82, 2.24) is 0 Å². The number of carbonyl (C=O) groups is 1. The average molecular weight is 243 g/mol. The van der Waals surface area contributed by atoms with Crippen LogP contribution in [0.25, 0.3) is 0 Å². The normalized spacial score (nSPS) is 24.1. The number of esters is 1. The summed E-state index contributed by atoms with van der Waals surface area (Å²) < 4.78 is 10.6. The number of methoxy groups -OCH3 is 1. The molecule has 1 rings (SSSR count). The number of carbonyl (C=O) groups excluding carboxylic acids is 1. The molecule has 0 radical (unpaired) electrons. The van der Waals surface area contributed by atoms with E-state index in [1.54, 1.807) is 6.92 Å². The van der Waals surface area contributed by atoms with E-state index in [2.05, 4.69) is 18.6 Å². The summed E-state index contributed by atoms with van der Waals surface area (Å²) in [5, 5.41) is 0. The standard InChI is InChI=1S/C13H25NO3/c1-10(11(15)16-4)17-13(9-14)7-5-12(2,3)6-8-13/h10H,5-9,14H2,1-4H3. The summed E-state index contributed by atoms with van der Waals surface area (Å²) in [6.07, 6.45) is 3.45. The molecule has 0 heterocycles. The minimum Gasteiger partial charge on any atom is -0.467 e. The Kier molecular flexibility index (Phi) is 4.55. The number of hydrogen-bond donors (Lipinski definition) is 1. The third kappa shape index (κ3) is 3.68. The number of rotatable bonds is 4. The van der Waals surface area contributed by atoms with Crippen LogP contribution in [0, 0.1) is 5.41 Å². The fraction of sp³-hybridized carbons (Fsp3) is 0.923. The molecule has 0 bridgehead atoms. The van der Waals surface area contributed by atoms with E-state index >= 15 is 0 Å². The Morgan fingerprint density at radius 1 is 1.29 bits per heavy atom. The molecule has 100 valence electrons. The van der Waals surface area contributed by atoms with Gasteiger partial charge in [-0.15, -0.1) is 0 Å². The van der Waals surface area contributed by atoms with Crippen molar-refractivity contribution in [2.24, 2.45) is 11.1 Å². The van der Waals surface area contributed by atoms with Crippen LogP contribution in [0.3, 0.4) is 0 Å². The maximum absolute atomic E-state index is 11.4. The van der Waals surface area contributed by atoms with Gasteiger partial charge in [-0.05, 0) is 38.0 Å². The van der Waals surface area contributed by atoms with Gasteiger partial charge < -0.3 is 15.2 Å². The van der Waals surface area contributed by atoms with Crippen molar-refractivity contribution in [2.45, 2.75) is 58.2 Å². The molecule has 0 aromatic rings. The fourth-order valence-electron chi connectivity index (χ4n) is 2.34. The Balaban J connectivity index is 2.62. The van der Waals surface area contributed by atoms with Gasteiger partial charge in [0.15, 0.2) is 6.10 Å². The van der Waals surface area contributed by atoms with E-state index in [-0.39, 0.29) is 11.6 Å². The van der Waals surface area contributed by atoms with Gasteiger partial charge in [0, 0.05) is 6.54 Å². The summed E-state index contributed by atoms with van der Waals surface area (Å²) in [7, 11) is 1.38. The summed E-state index contributed by atoms with van der Waals surface area (Å²) in [5.74, 6) is -0.331. The number of hydrogen-bond acceptors (Lipinski definition) is 4. The lowest BCUT2D eigenvalue weighted by Gasteiger charge is -2.43. The molecule has 0 spiro atoms. The van der Waals surface area contributed by atoms with E-state index in [0.717, 1.165) is 25.7 Å². The molecule has 0 aliphatic heterocycles. The van der Waals surface area contributed by atoms with Crippen LogP contribution in [0.2, 0.25) is 0 Å². The van der Waals surface area contributed by atoms with Crippen LogP contribution >= 0.6 is 0 Å². The Labute approximate surface area is 104 Å². The van der Waals surface area contributed by atoms with E-state index in [1.807, 2.05) is 0 Å². The molecule has 0 aromatic carbocycles. The van der Waals surface area contributed by atoms with Gasteiger partial charge in [0.25, 0.3) is 0 Å². The topological polar surface area (TPSA) is 61.5 Å². The predicted molar refractivity (Wildman–Crippen MR) is 66.6 cm³/mol. The molecule has 4 nitrogen and oxygen atoms in total. The van der Waals surface area contributed by atoms with Crippen molar-refractivity contribution in [3.05, 3.63) is 0 Å². The van der Waals surface area contributed by atoms with Crippen molar-refractivity contribution in [2.75, 3.05) is 13.7 Å². The third-order valence-electron chi connectivity index (χ3n) is 3.85. The van der Waals surface area contributed by atoms with Crippen molar-refractivity contribution >= 4 is 5.97 Å². The molecule has 1 saturated carbocycles.